The Labute approximate surface area is 159 Å². The van der Waals surface area contributed by atoms with Crippen molar-refractivity contribution in [3.63, 3.8) is 0 Å². The van der Waals surface area contributed by atoms with Crippen LogP contribution in [0.15, 0.2) is 47.8 Å². The monoisotopic (exact) mass is 382 g/mol. The molecule has 3 aromatic rings. The van der Waals surface area contributed by atoms with Crippen LogP contribution in [-0.2, 0) is 12.8 Å². The van der Waals surface area contributed by atoms with Crippen molar-refractivity contribution < 1.29 is 9.59 Å². The molecule has 0 fully saturated rings. The third kappa shape index (κ3) is 3.71. The number of carbonyl (C=O) groups excluding carboxylic acids is 2. The molecular weight excluding hydrogens is 364 g/mol. The smallest absolute Gasteiger partial charge is 0.265 e. The van der Waals surface area contributed by atoms with Crippen molar-refractivity contribution in [2.75, 3.05) is 10.6 Å². The molecule has 0 unspecified atom stereocenters. The van der Waals surface area contributed by atoms with Crippen molar-refractivity contribution in [2.24, 2.45) is 0 Å². The van der Waals surface area contributed by atoms with Crippen LogP contribution >= 0.6 is 22.7 Å². The van der Waals surface area contributed by atoms with E-state index in [9.17, 15) is 9.59 Å². The number of rotatable bonds is 4. The second-order valence-corrected chi connectivity index (χ2v) is 8.32. The summed E-state index contributed by atoms with van der Waals surface area (Å²) in [6.45, 7) is 0. The lowest BCUT2D eigenvalue weighted by Gasteiger charge is -2.08. The molecule has 2 N–H and O–H groups in total. The summed E-state index contributed by atoms with van der Waals surface area (Å²) in [5.74, 6) is -0.236. The maximum absolute atomic E-state index is 12.6. The second kappa shape index (κ2) is 7.43. The topological polar surface area (TPSA) is 58.2 Å². The molecule has 2 aromatic heterocycles. The Kier molecular flexibility index (Phi) is 4.86. The fourth-order valence-corrected chi connectivity index (χ4v) is 4.84. The van der Waals surface area contributed by atoms with Gasteiger partial charge in [0.2, 0.25) is 0 Å². The summed E-state index contributed by atoms with van der Waals surface area (Å²) >= 11 is 2.99. The molecule has 1 aromatic carbocycles. The average molecular weight is 383 g/mol. The number of thiophene rings is 2. The Morgan fingerprint density at radius 2 is 1.58 bits per heavy atom. The van der Waals surface area contributed by atoms with E-state index in [1.54, 1.807) is 23.5 Å². The first-order valence-electron chi connectivity index (χ1n) is 8.57. The zero-order chi connectivity index (χ0) is 17.9. The molecule has 0 saturated carbocycles. The zero-order valence-corrected chi connectivity index (χ0v) is 15.7. The van der Waals surface area contributed by atoms with Crippen molar-refractivity contribution >= 4 is 45.9 Å². The highest BCUT2D eigenvalue weighted by Gasteiger charge is 2.17. The van der Waals surface area contributed by atoms with Gasteiger partial charge in [0.25, 0.3) is 11.8 Å². The van der Waals surface area contributed by atoms with E-state index in [4.69, 9.17) is 0 Å². The summed E-state index contributed by atoms with van der Waals surface area (Å²) < 4.78 is 0. The molecule has 0 spiro atoms. The predicted octanol–water partition coefficient (Wildman–Crippen LogP) is 5.19. The van der Waals surface area contributed by atoms with E-state index in [0.717, 1.165) is 17.7 Å². The van der Waals surface area contributed by atoms with E-state index >= 15 is 0 Å². The Morgan fingerprint density at radius 3 is 2.27 bits per heavy atom. The van der Waals surface area contributed by atoms with Gasteiger partial charge in [-0.15, -0.1) is 22.7 Å². The van der Waals surface area contributed by atoms with E-state index in [0.29, 0.717) is 16.3 Å². The number of nitrogens with one attached hydrogen (secondary N) is 2. The SMILES string of the molecule is O=C(Nc1cccc(NC(=O)c2cc3c(s2)CCCC3)c1)c1cccs1. The van der Waals surface area contributed by atoms with Crippen molar-refractivity contribution in [3.8, 4) is 0 Å². The highest BCUT2D eigenvalue weighted by atomic mass is 32.1. The molecule has 1 aliphatic carbocycles. The molecule has 4 rings (SSSR count). The van der Waals surface area contributed by atoms with Gasteiger partial charge in [-0.1, -0.05) is 12.1 Å². The standard InChI is InChI=1S/C20H18N2O2S2/c23-19(17-9-4-10-25-17)21-14-6-3-7-15(12-14)22-20(24)18-11-13-5-1-2-8-16(13)26-18/h3-4,6-7,9-12H,1-2,5,8H2,(H,21,23)(H,22,24). The predicted molar refractivity (Wildman–Crippen MR) is 108 cm³/mol. The lowest BCUT2D eigenvalue weighted by Crippen LogP contribution is -2.12. The van der Waals surface area contributed by atoms with Crippen LogP contribution in [-0.4, -0.2) is 11.8 Å². The third-order valence-corrected chi connectivity index (χ3v) is 6.45. The van der Waals surface area contributed by atoms with Crippen molar-refractivity contribution in [1.82, 2.24) is 0 Å². The van der Waals surface area contributed by atoms with Crippen LogP contribution in [0.4, 0.5) is 11.4 Å². The van der Waals surface area contributed by atoms with Crippen LogP contribution in [0.2, 0.25) is 0 Å². The van der Waals surface area contributed by atoms with Gasteiger partial charge in [-0.3, -0.25) is 9.59 Å². The lowest BCUT2D eigenvalue weighted by atomic mass is 9.99. The molecule has 0 atom stereocenters. The minimum atomic E-state index is -0.144. The molecular formula is C20H18N2O2S2. The molecule has 0 bridgehead atoms. The lowest BCUT2D eigenvalue weighted by molar-refractivity contribution is 0.102. The van der Waals surface area contributed by atoms with Crippen LogP contribution in [0.3, 0.4) is 0 Å². The number of anilines is 2. The minimum absolute atomic E-state index is 0.0915. The van der Waals surface area contributed by atoms with Gasteiger partial charge < -0.3 is 10.6 Å². The van der Waals surface area contributed by atoms with E-state index in [1.807, 2.05) is 35.7 Å². The van der Waals surface area contributed by atoms with Gasteiger partial charge in [-0.2, -0.15) is 0 Å². The minimum Gasteiger partial charge on any atom is -0.321 e. The van der Waals surface area contributed by atoms with Gasteiger partial charge in [0.15, 0.2) is 0 Å². The Hall–Kier alpha value is -2.44. The normalized spacial score (nSPS) is 13.1. The molecule has 6 heteroatoms. The second-order valence-electron chi connectivity index (χ2n) is 6.23. The average Bonchev–Trinajstić information content (AvgIpc) is 3.31. The fraction of sp³-hybridized carbons (Fsp3) is 0.200. The van der Waals surface area contributed by atoms with Crippen molar-refractivity contribution in [1.29, 1.82) is 0 Å². The Balaban J connectivity index is 1.45. The maximum Gasteiger partial charge on any atom is 0.265 e. The number of carbonyl (C=O) groups is 2. The molecule has 26 heavy (non-hydrogen) atoms. The van der Waals surface area contributed by atoms with Crippen molar-refractivity contribution in [2.45, 2.75) is 25.7 Å². The van der Waals surface area contributed by atoms with Gasteiger partial charge in [-0.25, -0.2) is 0 Å². The summed E-state index contributed by atoms with van der Waals surface area (Å²) in [7, 11) is 0. The van der Waals surface area contributed by atoms with Gasteiger partial charge in [-0.05, 0) is 67.0 Å². The number of fused-ring (bicyclic) bond motifs is 1. The number of aryl methyl sites for hydroxylation is 2. The third-order valence-electron chi connectivity index (χ3n) is 4.34. The van der Waals surface area contributed by atoms with Gasteiger partial charge >= 0.3 is 0 Å². The van der Waals surface area contributed by atoms with Gasteiger partial charge in [0.05, 0.1) is 9.75 Å². The maximum atomic E-state index is 12.6. The Morgan fingerprint density at radius 1 is 0.846 bits per heavy atom. The van der Waals surface area contributed by atoms with E-state index in [-0.39, 0.29) is 11.8 Å². The summed E-state index contributed by atoms with van der Waals surface area (Å²) in [6, 6.07) is 12.9. The highest BCUT2D eigenvalue weighted by molar-refractivity contribution is 7.14. The van der Waals surface area contributed by atoms with E-state index in [1.165, 1.54) is 34.6 Å². The van der Waals surface area contributed by atoms with Gasteiger partial charge in [0, 0.05) is 16.3 Å². The first kappa shape index (κ1) is 17.0. The van der Waals surface area contributed by atoms with E-state index in [2.05, 4.69) is 10.6 Å². The van der Waals surface area contributed by atoms with Crippen molar-refractivity contribution in [3.05, 3.63) is 68.0 Å². The van der Waals surface area contributed by atoms with Crippen LogP contribution in [0.25, 0.3) is 0 Å². The quantitative estimate of drug-likeness (QED) is 0.652. The number of hydrogen-bond donors (Lipinski definition) is 2. The summed E-state index contributed by atoms with van der Waals surface area (Å²) in [6.07, 6.45) is 4.57. The van der Waals surface area contributed by atoms with E-state index < -0.39 is 0 Å². The Bertz CT molecular complexity index is 921. The van der Waals surface area contributed by atoms with Crippen LogP contribution in [0.1, 0.15) is 42.6 Å². The first-order chi connectivity index (χ1) is 12.7. The molecule has 0 saturated heterocycles. The van der Waals surface area contributed by atoms with Crippen LogP contribution in [0, 0.1) is 0 Å². The van der Waals surface area contributed by atoms with Gasteiger partial charge in [0.1, 0.15) is 0 Å². The first-order valence-corrected chi connectivity index (χ1v) is 10.3. The molecule has 4 nitrogen and oxygen atoms in total. The summed E-state index contributed by atoms with van der Waals surface area (Å²) in [5.41, 5.74) is 2.65. The highest BCUT2D eigenvalue weighted by Crippen LogP contribution is 2.30. The number of benzene rings is 1. The number of amides is 2. The molecule has 0 aliphatic heterocycles. The number of hydrogen-bond acceptors (Lipinski definition) is 4. The molecule has 132 valence electrons. The molecule has 2 heterocycles. The largest absolute Gasteiger partial charge is 0.321 e. The summed E-state index contributed by atoms with van der Waals surface area (Å²) in [5, 5.41) is 7.67. The molecule has 0 radical (unpaired) electrons. The van der Waals surface area contributed by atoms with Crippen LogP contribution in [0.5, 0.6) is 0 Å². The molecule has 1 aliphatic rings. The molecule has 2 amide bonds. The fourth-order valence-electron chi connectivity index (χ4n) is 3.07. The van der Waals surface area contributed by atoms with Crippen LogP contribution < -0.4 is 10.6 Å². The zero-order valence-electron chi connectivity index (χ0n) is 14.1. The summed E-state index contributed by atoms with van der Waals surface area (Å²) in [4.78, 5) is 27.5.